The van der Waals surface area contributed by atoms with Crippen molar-refractivity contribution in [3.8, 4) is 11.8 Å². The van der Waals surface area contributed by atoms with E-state index < -0.39 is 0 Å². The molecule has 0 radical (unpaired) electrons. The smallest absolute Gasteiger partial charge is 0.152 e. The molecule has 1 aromatic heterocycles. The number of unbranched alkanes of at least 4 members (excludes halogenated alkanes) is 1. The average molecular weight is 297 g/mol. The molecular weight excluding hydrogens is 280 g/mol. The number of rotatable bonds is 6. The first kappa shape index (κ1) is 14.0. The molecule has 0 aliphatic carbocycles. The molecule has 1 rings (SSSR count). The summed E-state index contributed by atoms with van der Waals surface area (Å²) >= 11 is 3.33. The second kappa shape index (κ2) is 6.61. The van der Waals surface area contributed by atoms with Gasteiger partial charge in [0.2, 0.25) is 0 Å². The third-order valence-electron chi connectivity index (χ3n) is 2.48. The summed E-state index contributed by atoms with van der Waals surface area (Å²) in [5.74, 6) is 0.770. The molecule has 1 heterocycles. The Morgan fingerprint density at radius 1 is 1.47 bits per heavy atom. The highest BCUT2D eigenvalue weighted by Gasteiger charge is 2.15. The van der Waals surface area contributed by atoms with Crippen LogP contribution in [0.2, 0.25) is 0 Å². The molecule has 0 atom stereocenters. The van der Waals surface area contributed by atoms with Crippen LogP contribution in [0.5, 0.6) is 5.75 Å². The zero-order valence-corrected chi connectivity index (χ0v) is 11.8. The summed E-state index contributed by atoms with van der Waals surface area (Å²) in [6, 6.07) is 6.03. The molecule has 0 aliphatic heterocycles. The van der Waals surface area contributed by atoms with Gasteiger partial charge in [-0.1, -0.05) is 0 Å². The minimum atomic E-state index is -0.227. The van der Waals surface area contributed by atoms with Crippen molar-refractivity contribution in [2.24, 2.45) is 5.41 Å². The molecular formula is C13H17BrN2O. The van der Waals surface area contributed by atoms with Crippen molar-refractivity contribution >= 4 is 15.9 Å². The lowest BCUT2D eigenvalue weighted by Gasteiger charge is -2.14. The van der Waals surface area contributed by atoms with Gasteiger partial charge in [-0.2, -0.15) is 5.26 Å². The quantitative estimate of drug-likeness (QED) is 0.590. The SMILES string of the molecule is CC(C)(C#N)CCCCOc1cccnc1Br. The largest absolute Gasteiger partial charge is 0.491 e. The van der Waals surface area contributed by atoms with E-state index >= 15 is 0 Å². The molecule has 0 saturated carbocycles. The van der Waals surface area contributed by atoms with Gasteiger partial charge in [0.1, 0.15) is 4.60 Å². The molecule has 4 heteroatoms. The molecule has 3 nitrogen and oxygen atoms in total. The van der Waals surface area contributed by atoms with Crippen molar-refractivity contribution in [2.75, 3.05) is 6.61 Å². The van der Waals surface area contributed by atoms with Crippen LogP contribution in [0.1, 0.15) is 33.1 Å². The Labute approximate surface area is 111 Å². The van der Waals surface area contributed by atoms with Crippen LogP contribution in [0, 0.1) is 16.7 Å². The fourth-order valence-electron chi connectivity index (χ4n) is 1.39. The highest BCUT2D eigenvalue weighted by molar-refractivity contribution is 9.10. The topological polar surface area (TPSA) is 45.9 Å². The highest BCUT2D eigenvalue weighted by atomic mass is 79.9. The van der Waals surface area contributed by atoms with Gasteiger partial charge in [0.15, 0.2) is 5.75 Å². The van der Waals surface area contributed by atoms with Crippen molar-refractivity contribution in [1.29, 1.82) is 5.26 Å². The fraction of sp³-hybridized carbons (Fsp3) is 0.538. The molecule has 17 heavy (non-hydrogen) atoms. The van der Waals surface area contributed by atoms with Gasteiger partial charge in [0, 0.05) is 6.20 Å². The number of halogens is 1. The lowest BCUT2D eigenvalue weighted by molar-refractivity contribution is 0.292. The molecule has 0 N–H and O–H groups in total. The molecule has 0 spiro atoms. The first-order valence-electron chi connectivity index (χ1n) is 5.70. The van der Waals surface area contributed by atoms with E-state index in [9.17, 15) is 0 Å². The Balaban J connectivity index is 2.22. The number of aromatic nitrogens is 1. The van der Waals surface area contributed by atoms with Crippen LogP contribution in [-0.2, 0) is 0 Å². The van der Waals surface area contributed by atoms with Gasteiger partial charge in [-0.25, -0.2) is 4.98 Å². The van der Waals surface area contributed by atoms with Crippen LogP contribution < -0.4 is 4.74 Å². The van der Waals surface area contributed by atoms with Gasteiger partial charge in [-0.15, -0.1) is 0 Å². The molecule has 0 unspecified atom stereocenters. The van der Waals surface area contributed by atoms with Crippen LogP contribution >= 0.6 is 15.9 Å². The molecule has 92 valence electrons. The number of pyridine rings is 1. The molecule has 1 aromatic rings. The van der Waals surface area contributed by atoms with Gasteiger partial charge < -0.3 is 4.74 Å². The number of nitrogens with zero attached hydrogens (tertiary/aromatic N) is 2. The Morgan fingerprint density at radius 2 is 2.24 bits per heavy atom. The first-order chi connectivity index (χ1) is 8.05. The van der Waals surface area contributed by atoms with Gasteiger partial charge >= 0.3 is 0 Å². The normalized spacial score (nSPS) is 10.9. The molecule has 0 amide bonds. The van der Waals surface area contributed by atoms with Crippen molar-refractivity contribution in [1.82, 2.24) is 4.98 Å². The monoisotopic (exact) mass is 296 g/mol. The Kier molecular flexibility index (Phi) is 5.43. The zero-order chi connectivity index (χ0) is 12.7. The van der Waals surface area contributed by atoms with E-state index in [1.54, 1.807) is 6.20 Å². The van der Waals surface area contributed by atoms with E-state index in [0.29, 0.717) is 6.61 Å². The maximum Gasteiger partial charge on any atom is 0.152 e. The third kappa shape index (κ3) is 5.18. The van der Waals surface area contributed by atoms with Crippen molar-refractivity contribution < 1.29 is 4.74 Å². The fourth-order valence-corrected chi connectivity index (χ4v) is 1.75. The summed E-state index contributed by atoms with van der Waals surface area (Å²) in [7, 11) is 0. The molecule has 0 aliphatic rings. The molecule has 0 aromatic carbocycles. The second-order valence-corrected chi connectivity index (χ2v) is 5.34. The van der Waals surface area contributed by atoms with Gasteiger partial charge in [-0.3, -0.25) is 0 Å². The Bertz CT molecular complexity index is 399. The molecule has 0 fully saturated rings. The number of ether oxygens (including phenoxy) is 1. The van der Waals surface area contributed by atoms with Crippen LogP contribution in [0.15, 0.2) is 22.9 Å². The molecule has 0 saturated heterocycles. The summed E-state index contributed by atoms with van der Waals surface area (Å²) in [6.45, 7) is 4.59. The van der Waals surface area contributed by atoms with E-state index in [0.717, 1.165) is 29.6 Å². The average Bonchev–Trinajstić information content (AvgIpc) is 2.31. The van der Waals surface area contributed by atoms with E-state index in [1.807, 2.05) is 26.0 Å². The summed E-state index contributed by atoms with van der Waals surface area (Å²) in [5.41, 5.74) is -0.227. The van der Waals surface area contributed by atoms with E-state index in [4.69, 9.17) is 10.00 Å². The maximum atomic E-state index is 8.87. The van der Waals surface area contributed by atoms with Gasteiger partial charge in [0.25, 0.3) is 0 Å². The Hall–Kier alpha value is -1.08. The summed E-state index contributed by atoms with van der Waals surface area (Å²) in [5, 5.41) is 8.87. The van der Waals surface area contributed by atoms with E-state index in [1.165, 1.54) is 0 Å². The lowest BCUT2D eigenvalue weighted by Crippen LogP contribution is -2.08. The zero-order valence-electron chi connectivity index (χ0n) is 10.2. The van der Waals surface area contributed by atoms with Crippen molar-refractivity contribution in [3.05, 3.63) is 22.9 Å². The first-order valence-corrected chi connectivity index (χ1v) is 6.49. The predicted octanol–water partition coefficient (Wildman–Crippen LogP) is 3.94. The maximum absolute atomic E-state index is 8.87. The van der Waals surface area contributed by atoms with Crippen LogP contribution in [0.3, 0.4) is 0 Å². The standard InChI is InChI=1S/C13H17BrN2O/c1-13(2,10-15)7-3-4-9-17-11-6-5-8-16-12(11)14/h5-6,8H,3-4,7,9H2,1-2H3. The third-order valence-corrected chi connectivity index (χ3v) is 3.08. The van der Waals surface area contributed by atoms with Gasteiger partial charge in [0.05, 0.1) is 18.1 Å². The minimum Gasteiger partial charge on any atom is -0.491 e. The second-order valence-electron chi connectivity index (χ2n) is 4.59. The van der Waals surface area contributed by atoms with Crippen molar-refractivity contribution in [3.63, 3.8) is 0 Å². The predicted molar refractivity (Wildman–Crippen MR) is 70.7 cm³/mol. The van der Waals surface area contributed by atoms with E-state index in [-0.39, 0.29) is 5.41 Å². The van der Waals surface area contributed by atoms with Crippen LogP contribution in [0.4, 0.5) is 0 Å². The number of hydrogen-bond acceptors (Lipinski definition) is 3. The lowest BCUT2D eigenvalue weighted by atomic mass is 9.89. The van der Waals surface area contributed by atoms with Crippen LogP contribution in [0.25, 0.3) is 0 Å². The Morgan fingerprint density at radius 3 is 2.88 bits per heavy atom. The van der Waals surface area contributed by atoms with Crippen LogP contribution in [-0.4, -0.2) is 11.6 Å². The summed E-state index contributed by atoms with van der Waals surface area (Å²) in [4.78, 5) is 4.08. The number of nitriles is 1. The van der Waals surface area contributed by atoms with Gasteiger partial charge in [-0.05, 0) is 61.2 Å². The summed E-state index contributed by atoms with van der Waals surface area (Å²) in [6.07, 6.45) is 4.57. The van der Waals surface area contributed by atoms with Crippen molar-refractivity contribution in [2.45, 2.75) is 33.1 Å². The van der Waals surface area contributed by atoms with E-state index in [2.05, 4.69) is 27.0 Å². The number of hydrogen-bond donors (Lipinski definition) is 0. The minimum absolute atomic E-state index is 0.227. The molecule has 0 bridgehead atoms. The highest BCUT2D eigenvalue weighted by Crippen LogP contribution is 2.23. The summed E-state index contributed by atoms with van der Waals surface area (Å²) < 4.78 is 6.33.